The van der Waals surface area contributed by atoms with Crippen molar-refractivity contribution in [2.75, 3.05) is 37.4 Å². The van der Waals surface area contributed by atoms with Crippen LogP contribution in [0.3, 0.4) is 0 Å². The highest BCUT2D eigenvalue weighted by Gasteiger charge is 2.19. The Balaban J connectivity index is 2.49. The van der Waals surface area contributed by atoms with Crippen molar-refractivity contribution in [3.05, 3.63) is 12.4 Å². The average Bonchev–Trinajstić information content (AvgIpc) is 2.35. The zero-order valence-electron chi connectivity index (χ0n) is 11.2. The van der Waals surface area contributed by atoms with Crippen LogP contribution in [0, 0.1) is 0 Å². The largest absolute Gasteiger partial charge is 0.388 e. The number of anilines is 2. The van der Waals surface area contributed by atoms with E-state index in [0.29, 0.717) is 25.4 Å². The summed E-state index contributed by atoms with van der Waals surface area (Å²) < 4.78 is 4.96. The number of hydrogen-bond donors (Lipinski definition) is 3. The van der Waals surface area contributed by atoms with Crippen LogP contribution in [0.1, 0.15) is 20.3 Å². The van der Waals surface area contributed by atoms with Crippen molar-refractivity contribution in [2.45, 2.75) is 25.9 Å². The van der Waals surface area contributed by atoms with E-state index in [-0.39, 0.29) is 0 Å². The van der Waals surface area contributed by atoms with Gasteiger partial charge in [0.25, 0.3) is 0 Å². The highest BCUT2D eigenvalue weighted by molar-refractivity contribution is 5.41. The third-order valence-corrected chi connectivity index (χ3v) is 2.49. The van der Waals surface area contributed by atoms with E-state index >= 15 is 0 Å². The molecular formula is C12H22N4O2. The third kappa shape index (κ3) is 5.29. The van der Waals surface area contributed by atoms with Crippen molar-refractivity contribution in [3.8, 4) is 0 Å². The first-order valence-electron chi connectivity index (χ1n) is 6.08. The van der Waals surface area contributed by atoms with E-state index in [4.69, 9.17) is 4.74 Å². The molecule has 0 amide bonds. The molecule has 1 atom stereocenters. The molecule has 0 bridgehead atoms. The van der Waals surface area contributed by atoms with Crippen LogP contribution in [-0.4, -0.2) is 47.5 Å². The van der Waals surface area contributed by atoms with E-state index in [1.54, 1.807) is 26.4 Å². The Bertz CT molecular complexity index is 358. The van der Waals surface area contributed by atoms with Crippen LogP contribution in [0.2, 0.25) is 0 Å². The van der Waals surface area contributed by atoms with Crippen LogP contribution in [0.25, 0.3) is 0 Å². The summed E-state index contributed by atoms with van der Waals surface area (Å²) in [5, 5.41) is 16.2. The van der Waals surface area contributed by atoms with Crippen molar-refractivity contribution in [2.24, 2.45) is 0 Å². The molecule has 3 N–H and O–H groups in total. The molecule has 0 saturated carbocycles. The topological polar surface area (TPSA) is 79.3 Å². The Morgan fingerprint density at radius 3 is 2.61 bits per heavy atom. The van der Waals surface area contributed by atoms with Crippen LogP contribution < -0.4 is 10.6 Å². The Hall–Kier alpha value is -1.40. The second-order valence-corrected chi connectivity index (χ2v) is 4.41. The summed E-state index contributed by atoms with van der Waals surface area (Å²) in [6.45, 7) is 5.49. The normalized spacial score (nSPS) is 14.0. The predicted octanol–water partition coefficient (Wildman–Crippen LogP) is 1.11. The second kappa shape index (κ2) is 7.13. The van der Waals surface area contributed by atoms with Crippen molar-refractivity contribution in [1.29, 1.82) is 0 Å². The van der Waals surface area contributed by atoms with Gasteiger partial charge in [0.15, 0.2) is 0 Å². The van der Waals surface area contributed by atoms with Gasteiger partial charge in [-0.2, -0.15) is 0 Å². The number of nitrogens with one attached hydrogen (secondary N) is 2. The van der Waals surface area contributed by atoms with Crippen LogP contribution in [-0.2, 0) is 4.74 Å². The standard InChI is InChI=1S/C12H22N4O2/c1-4-14-10-7-13-8-11(16-10)15-9-12(2,17)5-6-18-3/h7-8,17H,4-6,9H2,1-3H3,(H2,14,15,16). The SMILES string of the molecule is CCNc1cncc(NCC(C)(O)CCOC)n1. The fraction of sp³-hybridized carbons (Fsp3) is 0.667. The van der Waals surface area contributed by atoms with Gasteiger partial charge < -0.3 is 20.5 Å². The molecule has 6 nitrogen and oxygen atoms in total. The number of aliphatic hydroxyl groups is 1. The van der Waals surface area contributed by atoms with Gasteiger partial charge in [0, 0.05) is 33.2 Å². The molecule has 102 valence electrons. The van der Waals surface area contributed by atoms with E-state index in [1.807, 2.05) is 6.92 Å². The molecule has 1 heterocycles. The smallest absolute Gasteiger partial charge is 0.147 e. The quantitative estimate of drug-likeness (QED) is 0.645. The highest BCUT2D eigenvalue weighted by atomic mass is 16.5. The van der Waals surface area contributed by atoms with Crippen LogP contribution in [0.4, 0.5) is 11.6 Å². The van der Waals surface area contributed by atoms with Gasteiger partial charge in [-0.1, -0.05) is 0 Å². The van der Waals surface area contributed by atoms with Crippen molar-refractivity contribution in [1.82, 2.24) is 9.97 Å². The molecule has 0 aliphatic rings. The minimum Gasteiger partial charge on any atom is -0.388 e. The Morgan fingerprint density at radius 2 is 2.00 bits per heavy atom. The Morgan fingerprint density at radius 1 is 1.33 bits per heavy atom. The molecule has 18 heavy (non-hydrogen) atoms. The summed E-state index contributed by atoms with van der Waals surface area (Å²) in [6.07, 6.45) is 3.86. The average molecular weight is 254 g/mol. The fourth-order valence-corrected chi connectivity index (χ4v) is 1.41. The summed E-state index contributed by atoms with van der Waals surface area (Å²) in [6, 6.07) is 0. The maximum Gasteiger partial charge on any atom is 0.147 e. The van der Waals surface area contributed by atoms with E-state index < -0.39 is 5.60 Å². The van der Waals surface area contributed by atoms with E-state index in [2.05, 4.69) is 20.6 Å². The summed E-state index contributed by atoms with van der Waals surface area (Å²) in [5.41, 5.74) is -0.828. The number of hydrogen-bond acceptors (Lipinski definition) is 6. The minimum absolute atomic E-state index is 0.403. The van der Waals surface area contributed by atoms with Gasteiger partial charge in [-0.25, -0.2) is 4.98 Å². The molecule has 0 aliphatic heterocycles. The van der Waals surface area contributed by atoms with Crippen LogP contribution in [0.5, 0.6) is 0 Å². The van der Waals surface area contributed by atoms with Gasteiger partial charge in [-0.15, -0.1) is 0 Å². The molecule has 6 heteroatoms. The number of rotatable bonds is 8. The molecule has 1 rings (SSSR count). The molecule has 1 unspecified atom stereocenters. The first kappa shape index (κ1) is 14.7. The van der Waals surface area contributed by atoms with Gasteiger partial charge in [-0.3, -0.25) is 4.98 Å². The molecule has 0 radical (unpaired) electrons. The van der Waals surface area contributed by atoms with Gasteiger partial charge in [0.2, 0.25) is 0 Å². The number of aromatic nitrogens is 2. The molecule has 0 fully saturated rings. The molecule has 0 saturated heterocycles. The maximum atomic E-state index is 10.1. The molecule has 0 aliphatic carbocycles. The lowest BCUT2D eigenvalue weighted by Gasteiger charge is -2.23. The minimum atomic E-state index is -0.828. The molecule has 0 spiro atoms. The zero-order valence-corrected chi connectivity index (χ0v) is 11.2. The number of methoxy groups -OCH3 is 1. The maximum absolute atomic E-state index is 10.1. The van der Waals surface area contributed by atoms with Crippen LogP contribution >= 0.6 is 0 Å². The van der Waals surface area contributed by atoms with Crippen molar-refractivity contribution in [3.63, 3.8) is 0 Å². The second-order valence-electron chi connectivity index (χ2n) is 4.41. The highest BCUT2D eigenvalue weighted by Crippen LogP contribution is 2.12. The third-order valence-electron chi connectivity index (χ3n) is 2.49. The van der Waals surface area contributed by atoms with Gasteiger partial charge in [-0.05, 0) is 13.8 Å². The van der Waals surface area contributed by atoms with Crippen molar-refractivity contribution < 1.29 is 9.84 Å². The van der Waals surface area contributed by atoms with Crippen molar-refractivity contribution >= 4 is 11.6 Å². The molecular weight excluding hydrogens is 232 g/mol. The predicted molar refractivity (Wildman–Crippen MR) is 71.8 cm³/mol. The van der Waals surface area contributed by atoms with Gasteiger partial charge >= 0.3 is 0 Å². The summed E-state index contributed by atoms with van der Waals surface area (Å²) in [7, 11) is 1.62. The van der Waals surface area contributed by atoms with Crippen LogP contribution in [0.15, 0.2) is 12.4 Å². The summed E-state index contributed by atoms with van der Waals surface area (Å²) in [4.78, 5) is 8.39. The Kier molecular flexibility index (Phi) is 5.80. The van der Waals surface area contributed by atoms with Gasteiger partial charge in [0.1, 0.15) is 11.6 Å². The summed E-state index contributed by atoms with van der Waals surface area (Å²) >= 11 is 0. The van der Waals surface area contributed by atoms with E-state index in [9.17, 15) is 5.11 Å². The van der Waals surface area contributed by atoms with Gasteiger partial charge in [0.05, 0.1) is 18.0 Å². The van der Waals surface area contributed by atoms with E-state index in [1.165, 1.54) is 0 Å². The number of nitrogens with zero attached hydrogens (tertiary/aromatic N) is 2. The Labute approximate surface area is 108 Å². The van der Waals surface area contributed by atoms with E-state index in [0.717, 1.165) is 12.4 Å². The molecule has 1 aromatic rings. The monoisotopic (exact) mass is 254 g/mol. The summed E-state index contributed by atoms with van der Waals surface area (Å²) in [5.74, 6) is 1.37. The lowest BCUT2D eigenvalue weighted by molar-refractivity contribution is 0.0357. The molecule has 1 aromatic heterocycles. The molecule has 0 aromatic carbocycles. The lowest BCUT2D eigenvalue weighted by atomic mass is 10.0. The number of ether oxygens (including phenoxy) is 1. The first-order chi connectivity index (χ1) is 8.57. The first-order valence-corrected chi connectivity index (χ1v) is 6.08. The lowest BCUT2D eigenvalue weighted by Crippen LogP contribution is -2.34. The zero-order chi connectivity index (χ0) is 13.4. The fourth-order valence-electron chi connectivity index (χ4n) is 1.41.